The number of piperidine rings is 1. The van der Waals surface area contributed by atoms with Crippen LogP contribution in [0.1, 0.15) is 18.4 Å². The third-order valence-electron chi connectivity index (χ3n) is 6.62. The summed E-state index contributed by atoms with van der Waals surface area (Å²) in [6.45, 7) is 6.87. The number of hydrogen-bond acceptors (Lipinski definition) is 8. The van der Waals surface area contributed by atoms with E-state index in [0.29, 0.717) is 30.7 Å². The molecule has 2 aliphatic heterocycles. The molecule has 0 aliphatic carbocycles. The summed E-state index contributed by atoms with van der Waals surface area (Å²) in [6, 6.07) is 13.2. The van der Waals surface area contributed by atoms with Crippen molar-refractivity contribution in [1.82, 2.24) is 14.9 Å². The molecule has 8 nitrogen and oxygen atoms in total. The topological polar surface area (TPSA) is 74.8 Å². The molecule has 9 heteroatoms. The van der Waals surface area contributed by atoms with E-state index in [1.54, 1.807) is 12.3 Å². The van der Waals surface area contributed by atoms with Crippen molar-refractivity contribution >= 4 is 28.6 Å². The SMILES string of the molecule is Cc1ccc(Nc2cc(F)cc(N3CCOCC3)c2)cc1Nc1ccnc(OC2CCN(C)CC2)n1. The van der Waals surface area contributed by atoms with Crippen LogP contribution in [0, 0.1) is 12.7 Å². The van der Waals surface area contributed by atoms with Gasteiger partial charge in [-0.1, -0.05) is 6.07 Å². The number of nitrogens with zero attached hydrogens (tertiary/aromatic N) is 4. The van der Waals surface area contributed by atoms with Gasteiger partial charge in [-0.05, 0) is 68.8 Å². The number of benzene rings is 2. The molecule has 3 heterocycles. The van der Waals surface area contributed by atoms with E-state index >= 15 is 0 Å². The zero-order valence-electron chi connectivity index (χ0n) is 20.8. The molecule has 36 heavy (non-hydrogen) atoms. The summed E-state index contributed by atoms with van der Waals surface area (Å²) < 4.78 is 25.9. The minimum absolute atomic E-state index is 0.138. The van der Waals surface area contributed by atoms with E-state index in [0.717, 1.165) is 61.6 Å². The Kier molecular flexibility index (Phi) is 7.48. The van der Waals surface area contributed by atoms with Crippen LogP contribution in [-0.2, 0) is 4.74 Å². The van der Waals surface area contributed by atoms with E-state index in [9.17, 15) is 4.39 Å². The maximum Gasteiger partial charge on any atom is 0.318 e. The molecule has 2 aromatic carbocycles. The Balaban J connectivity index is 1.28. The van der Waals surface area contributed by atoms with Crippen LogP contribution in [-0.4, -0.2) is 67.4 Å². The molecule has 0 radical (unpaired) electrons. The van der Waals surface area contributed by atoms with Gasteiger partial charge < -0.3 is 29.9 Å². The Morgan fingerprint density at radius 1 is 0.972 bits per heavy atom. The fourth-order valence-corrected chi connectivity index (χ4v) is 4.51. The minimum Gasteiger partial charge on any atom is -0.460 e. The average molecular weight is 493 g/mol. The van der Waals surface area contributed by atoms with Crippen molar-refractivity contribution in [2.75, 3.05) is 62.0 Å². The standard InChI is InChI=1S/C27H33FN6O2/c1-19-3-4-21(30-22-15-20(28)16-23(17-22)34-11-13-35-14-12-34)18-25(19)31-26-5-8-29-27(32-26)36-24-6-9-33(2)10-7-24/h3-5,8,15-18,24,30H,6-7,9-14H2,1-2H3,(H,29,31,32). The summed E-state index contributed by atoms with van der Waals surface area (Å²) in [6.07, 6.45) is 3.78. The predicted octanol–water partition coefficient (Wildman–Crippen LogP) is 4.72. The van der Waals surface area contributed by atoms with Crippen LogP contribution in [0.4, 0.5) is 33.0 Å². The number of nitrogens with one attached hydrogen (secondary N) is 2. The fraction of sp³-hybridized carbons (Fsp3) is 0.407. The highest BCUT2D eigenvalue weighted by molar-refractivity contribution is 5.71. The van der Waals surface area contributed by atoms with E-state index in [2.05, 4.69) is 37.4 Å². The third kappa shape index (κ3) is 6.22. The summed E-state index contributed by atoms with van der Waals surface area (Å²) in [7, 11) is 2.12. The smallest absolute Gasteiger partial charge is 0.318 e. The van der Waals surface area contributed by atoms with Gasteiger partial charge in [0.1, 0.15) is 17.7 Å². The number of aryl methyl sites for hydroxylation is 1. The van der Waals surface area contributed by atoms with Crippen LogP contribution in [0.5, 0.6) is 6.01 Å². The van der Waals surface area contributed by atoms with Crippen molar-refractivity contribution < 1.29 is 13.9 Å². The highest BCUT2D eigenvalue weighted by Crippen LogP contribution is 2.29. The molecule has 0 atom stereocenters. The second-order valence-electron chi connectivity index (χ2n) is 9.42. The van der Waals surface area contributed by atoms with Crippen LogP contribution >= 0.6 is 0 Å². The third-order valence-corrected chi connectivity index (χ3v) is 6.62. The molecule has 0 bridgehead atoms. The van der Waals surface area contributed by atoms with Crippen LogP contribution < -0.4 is 20.3 Å². The Labute approximate surface area is 211 Å². The summed E-state index contributed by atoms with van der Waals surface area (Å²) in [5.41, 5.74) is 4.35. The Bertz CT molecular complexity index is 1180. The van der Waals surface area contributed by atoms with Crippen LogP contribution in [0.2, 0.25) is 0 Å². The first-order chi connectivity index (χ1) is 17.5. The lowest BCUT2D eigenvalue weighted by atomic mass is 10.1. The lowest BCUT2D eigenvalue weighted by Gasteiger charge is -2.29. The number of ether oxygens (including phenoxy) is 2. The van der Waals surface area contributed by atoms with E-state index in [-0.39, 0.29) is 11.9 Å². The normalized spacial score (nSPS) is 17.1. The number of aromatic nitrogens is 2. The highest BCUT2D eigenvalue weighted by Gasteiger charge is 2.19. The molecule has 0 unspecified atom stereocenters. The van der Waals surface area contributed by atoms with E-state index in [1.807, 2.05) is 37.3 Å². The number of hydrogen-bond donors (Lipinski definition) is 2. The number of morpholine rings is 1. The van der Waals surface area contributed by atoms with Gasteiger partial charge in [0.25, 0.3) is 0 Å². The number of rotatable bonds is 7. The van der Waals surface area contributed by atoms with Gasteiger partial charge >= 0.3 is 6.01 Å². The van der Waals surface area contributed by atoms with Crippen molar-refractivity contribution in [3.63, 3.8) is 0 Å². The van der Waals surface area contributed by atoms with Crippen molar-refractivity contribution in [2.24, 2.45) is 0 Å². The van der Waals surface area contributed by atoms with E-state index < -0.39 is 0 Å². The van der Waals surface area contributed by atoms with Crippen molar-refractivity contribution in [1.29, 1.82) is 0 Å². The quantitative estimate of drug-likeness (QED) is 0.491. The second-order valence-corrected chi connectivity index (χ2v) is 9.42. The predicted molar refractivity (Wildman–Crippen MR) is 140 cm³/mol. The number of likely N-dealkylation sites (tertiary alicyclic amines) is 1. The van der Waals surface area contributed by atoms with Gasteiger partial charge in [-0.3, -0.25) is 0 Å². The van der Waals surface area contributed by atoms with Crippen molar-refractivity contribution in [3.05, 3.63) is 60.0 Å². The minimum atomic E-state index is -0.273. The number of halogens is 1. The first-order valence-corrected chi connectivity index (χ1v) is 12.5. The first kappa shape index (κ1) is 24.3. The fourth-order valence-electron chi connectivity index (χ4n) is 4.51. The molecule has 2 fully saturated rings. The maximum atomic E-state index is 14.4. The van der Waals surface area contributed by atoms with Gasteiger partial charge in [-0.15, -0.1) is 0 Å². The lowest BCUT2D eigenvalue weighted by molar-refractivity contribution is 0.105. The van der Waals surface area contributed by atoms with Gasteiger partial charge in [0.2, 0.25) is 0 Å². The Morgan fingerprint density at radius 3 is 2.58 bits per heavy atom. The van der Waals surface area contributed by atoms with Gasteiger partial charge in [-0.2, -0.15) is 4.98 Å². The van der Waals surface area contributed by atoms with Crippen LogP contribution in [0.15, 0.2) is 48.7 Å². The molecule has 2 saturated heterocycles. The molecule has 0 spiro atoms. The summed E-state index contributed by atoms with van der Waals surface area (Å²) >= 11 is 0. The molecule has 1 aromatic heterocycles. The van der Waals surface area contributed by atoms with Gasteiger partial charge in [0.15, 0.2) is 0 Å². The van der Waals surface area contributed by atoms with E-state index in [4.69, 9.17) is 9.47 Å². The van der Waals surface area contributed by atoms with Gasteiger partial charge in [-0.25, -0.2) is 9.37 Å². The molecule has 0 saturated carbocycles. The molecule has 2 N–H and O–H groups in total. The molecule has 3 aromatic rings. The summed E-state index contributed by atoms with van der Waals surface area (Å²) in [5.74, 6) is 0.388. The molecule has 5 rings (SSSR count). The van der Waals surface area contributed by atoms with Gasteiger partial charge in [0.05, 0.1) is 13.2 Å². The zero-order valence-corrected chi connectivity index (χ0v) is 20.8. The molecular formula is C27H33FN6O2. The largest absolute Gasteiger partial charge is 0.460 e. The average Bonchev–Trinajstić information content (AvgIpc) is 2.88. The van der Waals surface area contributed by atoms with Crippen molar-refractivity contribution in [3.8, 4) is 6.01 Å². The van der Waals surface area contributed by atoms with Crippen LogP contribution in [0.25, 0.3) is 0 Å². The zero-order chi connectivity index (χ0) is 24.9. The molecule has 190 valence electrons. The Hall–Kier alpha value is -3.43. The second kappa shape index (κ2) is 11.1. The molecule has 0 amide bonds. The highest BCUT2D eigenvalue weighted by atomic mass is 19.1. The Morgan fingerprint density at radius 2 is 1.78 bits per heavy atom. The van der Waals surface area contributed by atoms with Crippen LogP contribution in [0.3, 0.4) is 0 Å². The molecule has 2 aliphatic rings. The summed E-state index contributed by atoms with van der Waals surface area (Å²) in [4.78, 5) is 13.3. The first-order valence-electron chi connectivity index (χ1n) is 12.5. The van der Waals surface area contributed by atoms with Crippen molar-refractivity contribution in [2.45, 2.75) is 25.9 Å². The number of anilines is 5. The molecular weight excluding hydrogens is 459 g/mol. The van der Waals surface area contributed by atoms with E-state index in [1.165, 1.54) is 6.07 Å². The monoisotopic (exact) mass is 492 g/mol. The maximum absolute atomic E-state index is 14.4. The van der Waals surface area contributed by atoms with Gasteiger partial charge in [0, 0.05) is 55.1 Å². The lowest BCUT2D eigenvalue weighted by Crippen LogP contribution is -2.36. The summed E-state index contributed by atoms with van der Waals surface area (Å²) in [5, 5.41) is 6.73.